The van der Waals surface area contributed by atoms with Crippen molar-refractivity contribution in [1.29, 1.82) is 0 Å². The van der Waals surface area contributed by atoms with E-state index < -0.39 is 11.6 Å². The number of hydrogen-bond donors (Lipinski definition) is 1. The number of piperidine rings is 1. The number of hydrogen-bond acceptors (Lipinski definition) is 5. The van der Waals surface area contributed by atoms with Crippen molar-refractivity contribution >= 4 is 12.1 Å². The second-order valence-corrected chi connectivity index (χ2v) is 8.84. The third-order valence-electron chi connectivity index (χ3n) is 5.64. The molecule has 0 saturated carbocycles. The van der Waals surface area contributed by atoms with Crippen molar-refractivity contribution < 1.29 is 19.4 Å². The largest absolute Gasteiger partial charge is 0.480 e. The molecule has 156 valence electrons. The molecule has 0 bridgehead atoms. The summed E-state index contributed by atoms with van der Waals surface area (Å²) in [6.07, 6.45) is 3.69. The molecule has 1 amide bonds. The molecule has 2 saturated heterocycles. The Morgan fingerprint density at radius 2 is 1.67 bits per heavy atom. The SMILES string of the molecule is CCC(C(=O)O)N1CCN(CCC2CCN(C(=O)OC(C)(C)C)CC2)CC1. The first-order valence-corrected chi connectivity index (χ1v) is 10.4. The van der Waals surface area contributed by atoms with E-state index in [4.69, 9.17) is 4.74 Å². The van der Waals surface area contributed by atoms with E-state index in [-0.39, 0.29) is 12.1 Å². The third kappa shape index (κ3) is 6.96. The quantitative estimate of drug-likeness (QED) is 0.760. The molecule has 0 spiro atoms. The van der Waals surface area contributed by atoms with Crippen LogP contribution in [0.15, 0.2) is 0 Å². The molecule has 0 aromatic rings. The van der Waals surface area contributed by atoms with Gasteiger partial charge in [0.15, 0.2) is 0 Å². The molecule has 2 aliphatic rings. The highest BCUT2D eigenvalue weighted by atomic mass is 16.6. The van der Waals surface area contributed by atoms with Crippen LogP contribution in [-0.4, -0.2) is 89.3 Å². The number of carbonyl (C=O) groups excluding carboxylic acids is 1. The number of piperazine rings is 1. The van der Waals surface area contributed by atoms with Crippen molar-refractivity contribution in [2.24, 2.45) is 5.92 Å². The number of carboxylic acids is 1. The van der Waals surface area contributed by atoms with Gasteiger partial charge in [-0.2, -0.15) is 0 Å². The number of aliphatic carboxylic acids is 1. The molecule has 0 aromatic carbocycles. The summed E-state index contributed by atoms with van der Waals surface area (Å²) >= 11 is 0. The van der Waals surface area contributed by atoms with Crippen LogP contribution in [0.3, 0.4) is 0 Å². The lowest BCUT2D eigenvalue weighted by molar-refractivity contribution is -0.144. The summed E-state index contributed by atoms with van der Waals surface area (Å²) in [7, 11) is 0. The number of carboxylic acid groups (broad SMARTS) is 1. The monoisotopic (exact) mass is 383 g/mol. The van der Waals surface area contributed by atoms with Gasteiger partial charge in [0, 0.05) is 39.3 Å². The lowest BCUT2D eigenvalue weighted by atomic mass is 9.93. The van der Waals surface area contributed by atoms with Crippen molar-refractivity contribution in [3.05, 3.63) is 0 Å². The normalized spacial score (nSPS) is 21.9. The van der Waals surface area contributed by atoms with Crippen molar-refractivity contribution in [2.45, 2.75) is 65.0 Å². The smallest absolute Gasteiger partial charge is 0.410 e. The fourth-order valence-corrected chi connectivity index (χ4v) is 3.98. The van der Waals surface area contributed by atoms with Crippen LogP contribution in [0.4, 0.5) is 4.79 Å². The van der Waals surface area contributed by atoms with Gasteiger partial charge < -0.3 is 19.6 Å². The summed E-state index contributed by atoms with van der Waals surface area (Å²) in [6.45, 7) is 13.8. The number of amides is 1. The highest BCUT2D eigenvalue weighted by Crippen LogP contribution is 2.23. The molecule has 0 aromatic heterocycles. The molecule has 7 nitrogen and oxygen atoms in total. The number of likely N-dealkylation sites (tertiary alicyclic amines) is 1. The van der Waals surface area contributed by atoms with Gasteiger partial charge in [-0.15, -0.1) is 0 Å². The van der Waals surface area contributed by atoms with Crippen molar-refractivity contribution in [1.82, 2.24) is 14.7 Å². The number of carbonyl (C=O) groups is 2. The molecule has 0 radical (unpaired) electrons. The Morgan fingerprint density at radius 3 is 2.15 bits per heavy atom. The van der Waals surface area contributed by atoms with E-state index in [9.17, 15) is 14.7 Å². The molecule has 7 heteroatoms. The van der Waals surface area contributed by atoms with Crippen LogP contribution in [0.1, 0.15) is 53.4 Å². The Balaban J connectivity index is 1.65. The van der Waals surface area contributed by atoms with Crippen molar-refractivity contribution in [2.75, 3.05) is 45.8 Å². The summed E-state index contributed by atoms with van der Waals surface area (Å²) in [5.41, 5.74) is -0.437. The van der Waals surface area contributed by atoms with E-state index in [1.165, 1.54) is 0 Å². The van der Waals surface area contributed by atoms with Crippen LogP contribution in [0.25, 0.3) is 0 Å². The fraction of sp³-hybridized carbons (Fsp3) is 0.900. The molecule has 27 heavy (non-hydrogen) atoms. The van der Waals surface area contributed by atoms with E-state index in [0.717, 1.165) is 65.1 Å². The number of nitrogens with zero attached hydrogens (tertiary/aromatic N) is 3. The highest BCUT2D eigenvalue weighted by Gasteiger charge is 2.29. The van der Waals surface area contributed by atoms with E-state index in [2.05, 4.69) is 9.80 Å². The molecule has 2 rings (SSSR count). The zero-order valence-electron chi connectivity index (χ0n) is 17.4. The molecule has 2 heterocycles. The maximum atomic E-state index is 12.1. The maximum absolute atomic E-state index is 12.1. The minimum atomic E-state index is -0.706. The van der Waals surface area contributed by atoms with Crippen LogP contribution >= 0.6 is 0 Å². The van der Waals surface area contributed by atoms with Gasteiger partial charge >= 0.3 is 12.1 Å². The van der Waals surface area contributed by atoms with Crippen LogP contribution in [-0.2, 0) is 9.53 Å². The molecule has 0 aliphatic carbocycles. The standard InChI is InChI=1S/C20H37N3O4/c1-5-17(18(24)25)22-14-12-21(13-15-22)9-6-16-7-10-23(11-8-16)19(26)27-20(2,3)4/h16-17H,5-15H2,1-4H3,(H,24,25). The Bertz CT molecular complexity index is 490. The molecule has 2 aliphatic heterocycles. The molecule has 1 unspecified atom stereocenters. The first-order chi connectivity index (χ1) is 12.7. The minimum Gasteiger partial charge on any atom is -0.480 e. The van der Waals surface area contributed by atoms with Gasteiger partial charge in [-0.3, -0.25) is 9.69 Å². The molecule has 1 atom stereocenters. The summed E-state index contributed by atoms with van der Waals surface area (Å²) in [4.78, 5) is 29.8. The first kappa shape index (κ1) is 22.0. The Kier molecular flexibility index (Phi) is 7.91. The predicted molar refractivity (Wildman–Crippen MR) is 105 cm³/mol. The Labute approximate surface area is 163 Å². The Morgan fingerprint density at radius 1 is 1.07 bits per heavy atom. The minimum absolute atomic E-state index is 0.194. The summed E-state index contributed by atoms with van der Waals surface area (Å²) < 4.78 is 5.46. The summed E-state index contributed by atoms with van der Waals surface area (Å²) in [6, 6.07) is -0.343. The van der Waals surface area contributed by atoms with Gasteiger partial charge in [0.2, 0.25) is 0 Å². The van der Waals surface area contributed by atoms with Gasteiger partial charge in [-0.1, -0.05) is 6.92 Å². The zero-order valence-corrected chi connectivity index (χ0v) is 17.4. The van der Waals surface area contributed by atoms with Gasteiger partial charge in [0.1, 0.15) is 11.6 Å². The van der Waals surface area contributed by atoms with Gasteiger partial charge in [0.05, 0.1) is 0 Å². The second kappa shape index (κ2) is 9.73. The first-order valence-electron chi connectivity index (χ1n) is 10.4. The zero-order chi connectivity index (χ0) is 20.0. The maximum Gasteiger partial charge on any atom is 0.410 e. The highest BCUT2D eigenvalue weighted by molar-refractivity contribution is 5.73. The van der Waals surface area contributed by atoms with E-state index in [0.29, 0.717) is 12.3 Å². The van der Waals surface area contributed by atoms with E-state index in [1.54, 1.807) is 0 Å². The van der Waals surface area contributed by atoms with Crippen molar-refractivity contribution in [3.63, 3.8) is 0 Å². The van der Waals surface area contributed by atoms with Crippen LogP contribution in [0.5, 0.6) is 0 Å². The molecular formula is C20H37N3O4. The van der Waals surface area contributed by atoms with E-state index >= 15 is 0 Å². The predicted octanol–water partition coefficient (Wildman–Crippen LogP) is 2.50. The summed E-state index contributed by atoms with van der Waals surface area (Å²) in [5, 5.41) is 9.30. The van der Waals surface area contributed by atoms with Gasteiger partial charge in [0.25, 0.3) is 0 Å². The lowest BCUT2D eigenvalue weighted by Crippen LogP contribution is -2.52. The second-order valence-electron chi connectivity index (χ2n) is 8.84. The fourth-order valence-electron chi connectivity index (χ4n) is 3.98. The number of ether oxygens (including phenoxy) is 1. The van der Waals surface area contributed by atoms with Gasteiger partial charge in [-0.05, 0) is 58.9 Å². The summed E-state index contributed by atoms with van der Waals surface area (Å²) in [5.74, 6) is -0.0492. The molecule has 2 fully saturated rings. The number of rotatable bonds is 6. The Hall–Kier alpha value is -1.34. The average Bonchev–Trinajstić information content (AvgIpc) is 2.60. The topological polar surface area (TPSA) is 73.3 Å². The molecule has 1 N–H and O–H groups in total. The van der Waals surface area contributed by atoms with Crippen molar-refractivity contribution in [3.8, 4) is 0 Å². The lowest BCUT2D eigenvalue weighted by Gasteiger charge is -2.38. The average molecular weight is 384 g/mol. The molecular weight excluding hydrogens is 346 g/mol. The van der Waals surface area contributed by atoms with Crippen LogP contribution < -0.4 is 0 Å². The van der Waals surface area contributed by atoms with E-state index in [1.807, 2.05) is 32.6 Å². The third-order valence-corrected chi connectivity index (χ3v) is 5.64. The van der Waals surface area contributed by atoms with Crippen LogP contribution in [0, 0.1) is 5.92 Å². The van der Waals surface area contributed by atoms with Gasteiger partial charge in [-0.25, -0.2) is 4.79 Å². The van der Waals surface area contributed by atoms with Crippen LogP contribution in [0.2, 0.25) is 0 Å².